The highest BCUT2D eigenvalue weighted by atomic mass is 19.1. The summed E-state index contributed by atoms with van der Waals surface area (Å²) in [6, 6.07) is 18.5. The maximum absolute atomic E-state index is 13.5. The number of benzene rings is 3. The van der Waals surface area contributed by atoms with Crippen LogP contribution >= 0.6 is 0 Å². The van der Waals surface area contributed by atoms with E-state index < -0.39 is 0 Å². The van der Waals surface area contributed by atoms with Gasteiger partial charge in [0.15, 0.2) is 0 Å². The number of amides is 1. The largest absolute Gasteiger partial charge is 0.361 e. The molecule has 0 aliphatic heterocycles. The molecule has 0 radical (unpaired) electrons. The molecule has 2 heterocycles. The second-order valence-electron chi connectivity index (χ2n) is 7.70. The van der Waals surface area contributed by atoms with Crippen LogP contribution in [0.4, 0.5) is 4.39 Å². The van der Waals surface area contributed by atoms with Crippen molar-refractivity contribution in [3.05, 3.63) is 89.9 Å². The molecule has 2 aromatic heterocycles. The molecule has 4 nitrogen and oxygen atoms in total. The Balaban J connectivity index is 1.85. The van der Waals surface area contributed by atoms with Gasteiger partial charge in [-0.05, 0) is 66.1 Å². The molecule has 0 spiro atoms. The summed E-state index contributed by atoms with van der Waals surface area (Å²) in [7, 11) is 1.62. The maximum Gasteiger partial charge on any atom is 0.253 e. The third-order valence-electron chi connectivity index (χ3n) is 5.76. The molecule has 0 saturated carbocycles. The average molecular weight is 423 g/mol. The zero-order valence-electron chi connectivity index (χ0n) is 17.8. The van der Waals surface area contributed by atoms with Crippen molar-refractivity contribution >= 4 is 33.8 Å². The third kappa shape index (κ3) is 3.19. The first kappa shape index (κ1) is 19.8. The third-order valence-corrected chi connectivity index (χ3v) is 5.76. The molecule has 0 aliphatic rings. The van der Waals surface area contributed by atoms with Crippen LogP contribution in [-0.4, -0.2) is 22.9 Å². The molecule has 3 N–H and O–H groups in total. The first-order valence-corrected chi connectivity index (χ1v) is 10.5. The average Bonchev–Trinajstić information content (AvgIpc) is 3.44. The summed E-state index contributed by atoms with van der Waals surface area (Å²) < 4.78 is 13.5. The molecular formula is C27H22FN3O. The van der Waals surface area contributed by atoms with Gasteiger partial charge in [0.2, 0.25) is 0 Å². The molecule has 3 aromatic carbocycles. The number of rotatable bonds is 4. The number of hydrogen-bond acceptors (Lipinski definition) is 1. The summed E-state index contributed by atoms with van der Waals surface area (Å²) in [5, 5.41) is 4.57. The van der Waals surface area contributed by atoms with Crippen LogP contribution in [0.1, 0.15) is 22.8 Å². The summed E-state index contributed by atoms with van der Waals surface area (Å²) in [5.41, 5.74) is 7.00. The van der Waals surface area contributed by atoms with Crippen molar-refractivity contribution in [1.29, 1.82) is 0 Å². The minimum absolute atomic E-state index is 0.195. The van der Waals surface area contributed by atoms with Crippen LogP contribution in [0, 0.1) is 5.82 Å². The highest BCUT2D eigenvalue weighted by Crippen LogP contribution is 2.39. The lowest BCUT2D eigenvalue weighted by molar-refractivity contribution is 0.0965. The van der Waals surface area contributed by atoms with E-state index in [0.717, 1.165) is 44.1 Å². The zero-order chi connectivity index (χ0) is 22.2. The van der Waals surface area contributed by atoms with Crippen molar-refractivity contribution in [2.75, 3.05) is 7.05 Å². The molecule has 0 bridgehead atoms. The monoisotopic (exact) mass is 423 g/mol. The smallest absolute Gasteiger partial charge is 0.253 e. The van der Waals surface area contributed by atoms with Crippen LogP contribution in [0.5, 0.6) is 0 Å². The number of allylic oxidation sites excluding steroid dienone is 1. The van der Waals surface area contributed by atoms with Gasteiger partial charge in [-0.3, -0.25) is 4.79 Å². The summed E-state index contributed by atoms with van der Waals surface area (Å²) in [6.07, 6.45) is 5.98. The number of halogens is 1. The van der Waals surface area contributed by atoms with E-state index in [0.29, 0.717) is 11.3 Å². The van der Waals surface area contributed by atoms with Gasteiger partial charge in [0.1, 0.15) is 5.82 Å². The van der Waals surface area contributed by atoms with Crippen molar-refractivity contribution in [2.45, 2.75) is 6.92 Å². The molecule has 0 saturated heterocycles. The zero-order valence-corrected chi connectivity index (χ0v) is 17.8. The number of fused-ring (bicyclic) bond motifs is 3. The Hall–Kier alpha value is -4.12. The number of carbonyl (C=O) groups is 1. The summed E-state index contributed by atoms with van der Waals surface area (Å²) >= 11 is 0. The van der Waals surface area contributed by atoms with Gasteiger partial charge in [-0.1, -0.05) is 30.4 Å². The molecule has 32 heavy (non-hydrogen) atoms. The minimum Gasteiger partial charge on any atom is -0.361 e. The van der Waals surface area contributed by atoms with Gasteiger partial charge in [0.25, 0.3) is 5.91 Å². The number of carbonyl (C=O) groups excluding carboxylic acids is 1. The van der Waals surface area contributed by atoms with Gasteiger partial charge in [-0.25, -0.2) is 4.39 Å². The van der Waals surface area contributed by atoms with Crippen LogP contribution in [0.2, 0.25) is 0 Å². The van der Waals surface area contributed by atoms with E-state index in [4.69, 9.17) is 0 Å². The molecule has 0 fully saturated rings. The van der Waals surface area contributed by atoms with Gasteiger partial charge < -0.3 is 15.3 Å². The predicted octanol–water partition coefficient (Wildman–Crippen LogP) is 6.52. The lowest BCUT2D eigenvalue weighted by atomic mass is 9.96. The SMILES string of the molecule is C/C=C\c1cccc(-c2cc3c(C(=O)NC)c(-c4ccc(F)cc4)[nH]c3c3cc[nH]c23)c1. The number of hydrogen-bond donors (Lipinski definition) is 3. The van der Waals surface area contributed by atoms with Gasteiger partial charge in [-0.2, -0.15) is 0 Å². The Bertz CT molecular complexity index is 1490. The van der Waals surface area contributed by atoms with Crippen molar-refractivity contribution in [1.82, 2.24) is 15.3 Å². The van der Waals surface area contributed by atoms with Crippen molar-refractivity contribution in [2.24, 2.45) is 0 Å². The highest BCUT2D eigenvalue weighted by molar-refractivity contribution is 6.20. The van der Waals surface area contributed by atoms with Crippen molar-refractivity contribution < 1.29 is 9.18 Å². The molecule has 0 atom stereocenters. The fraction of sp³-hybridized carbons (Fsp3) is 0.0741. The molecule has 0 aliphatic carbocycles. The normalized spacial score (nSPS) is 11.6. The Kier molecular flexibility index (Phi) is 4.86. The molecule has 5 heteroatoms. The standard InChI is InChI=1S/C27H22FN3O/c1-3-5-16-6-4-7-18(14-16)21-15-22-23(27(32)29-2)24(17-8-10-19(28)11-9-17)31-26(22)20-12-13-30-25(20)21/h3-15,30-31H,1-2H3,(H,29,32)/b5-3-. The number of H-pyrrole nitrogens is 2. The summed E-state index contributed by atoms with van der Waals surface area (Å²) in [4.78, 5) is 19.8. The van der Waals surface area contributed by atoms with Crippen molar-refractivity contribution in [3.63, 3.8) is 0 Å². The van der Waals surface area contributed by atoms with Gasteiger partial charge in [0, 0.05) is 29.6 Å². The molecule has 0 unspecified atom stereocenters. The van der Waals surface area contributed by atoms with E-state index in [1.807, 2.05) is 31.3 Å². The molecule has 158 valence electrons. The van der Waals surface area contributed by atoms with Gasteiger partial charge >= 0.3 is 0 Å². The maximum atomic E-state index is 13.5. The number of aromatic amines is 2. The fourth-order valence-corrected chi connectivity index (χ4v) is 4.31. The summed E-state index contributed by atoms with van der Waals surface area (Å²) in [6.45, 7) is 1.99. The number of aromatic nitrogens is 2. The lowest BCUT2D eigenvalue weighted by Crippen LogP contribution is -2.18. The Labute approximate surface area is 184 Å². The molecule has 5 aromatic rings. The second kappa shape index (κ2) is 7.85. The van der Waals surface area contributed by atoms with E-state index in [1.165, 1.54) is 12.1 Å². The van der Waals surface area contributed by atoms with Crippen molar-refractivity contribution in [3.8, 4) is 22.4 Å². The van der Waals surface area contributed by atoms with Gasteiger partial charge in [0.05, 0.1) is 22.3 Å². The Morgan fingerprint density at radius 2 is 1.78 bits per heavy atom. The first-order chi connectivity index (χ1) is 15.6. The van der Waals surface area contributed by atoms with E-state index in [2.05, 4.69) is 45.6 Å². The molecule has 5 rings (SSSR count). The van der Waals surface area contributed by atoms with E-state index in [9.17, 15) is 9.18 Å². The van der Waals surface area contributed by atoms with Gasteiger partial charge in [-0.15, -0.1) is 0 Å². The van der Waals surface area contributed by atoms with Crippen LogP contribution < -0.4 is 5.32 Å². The fourth-order valence-electron chi connectivity index (χ4n) is 4.31. The van der Waals surface area contributed by atoms with E-state index in [-0.39, 0.29) is 11.7 Å². The minimum atomic E-state index is -0.317. The highest BCUT2D eigenvalue weighted by Gasteiger charge is 2.22. The van der Waals surface area contributed by atoms with Crippen LogP contribution in [-0.2, 0) is 0 Å². The van der Waals surface area contributed by atoms with Crippen LogP contribution in [0.15, 0.2) is 72.9 Å². The Morgan fingerprint density at radius 1 is 0.969 bits per heavy atom. The van der Waals surface area contributed by atoms with Crippen LogP contribution in [0.25, 0.3) is 50.3 Å². The second-order valence-corrected chi connectivity index (χ2v) is 7.70. The molecular weight excluding hydrogens is 401 g/mol. The Morgan fingerprint density at radius 3 is 2.53 bits per heavy atom. The summed E-state index contributed by atoms with van der Waals surface area (Å²) in [5.74, 6) is -0.512. The van der Waals surface area contributed by atoms with E-state index >= 15 is 0 Å². The first-order valence-electron chi connectivity index (χ1n) is 10.5. The number of nitrogens with one attached hydrogen (secondary N) is 3. The topological polar surface area (TPSA) is 60.7 Å². The lowest BCUT2D eigenvalue weighted by Gasteiger charge is -2.08. The quantitative estimate of drug-likeness (QED) is 0.303. The molecule has 1 amide bonds. The predicted molar refractivity (Wildman–Crippen MR) is 129 cm³/mol. The van der Waals surface area contributed by atoms with Crippen LogP contribution in [0.3, 0.4) is 0 Å². The van der Waals surface area contributed by atoms with E-state index in [1.54, 1.807) is 19.2 Å².